The minimum atomic E-state index is 0.603. The first-order chi connectivity index (χ1) is 9.79. The van der Waals surface area contributed by atoms with E-state index in [9.17, 15) is 0 Å². The van der Waals surface area contributed by atoms with E-state index in [0.29, 0.717) is 5.82 Å². The summed E-state index contributed by atoms with van der Waals surface area (Å²) in [6.07, 6.45) is 1.17. The lowest BCUT2D eigenvalue weighted by molar-refractivity contribution is 1.07. The van der Waals surface area contributed by atoms with E-state index in [4.69, 9.17) is 5.73 Å². The second-order valence-electron chi connectivity index (χ2n) is 4.38. The molecule has 0 aliphatic heterocycles. The van der Waals surface area contributed by atoms with Crippen LogP contribution in [0.2, 0.25) is 0 Å². The monoisotopic (exact) mass is 321 g/mol. The number of nitrogens with two attached hydrogens (primary N) is 1. The van der Waals surface area contributed by atoms with Crippen LogP contribution in [-0.2, 0) is 5.75 Å². The number of fused-ring (bicyclic) bond motifs is 1. The molecule has 0 spiro atoms. The predicted molar refractivity (Wildman–Crippen MR) is 91.6 cm³/mol. The Balaban J connectivity index is 1.98. The fraction of sp³-hybridized carbons (Fsp3) is 0.286. The van der Waals surface area contributed by atoms with E-state index >= 15 is 0 Å². The SMILES string of the molecule is CCCSCc1nc(N)c2c(-c3cccs3)csc2n1. The molecule has 104 valence electrons. The molecule has 0 radical (unpaired) electrons. The number of hydrogen-bond donors (Lipinski definition) is 1. The molecule has 0 saturated heterocycles. The Bertz CT molecular complexity index is 704. The summed E-state index contributed by atoms with van der Waals surface area (Å²) in [6.45, 7) is 2.18. The summed E-state index contributed by atoms with van der Waals surface area (Å²) in [4.78, 5) is 11.3. The van der Waals surface area contributed by atoms with E-state index in [1.807, 2.05) is 11.8 Å². The summed E-state index contributed by atoms with van der Waals surface area (Å²) in [7, 11) is 0. The van der Waals surface area contributed by atoms with Crippen LogP contribution in [0.3, 0.4) is 0 Å². The Kier molecular flexibility index (Phi) is 4.24. The molecule has 0 aromatic carbocycles. The first-order valence-electron chi connectivity index (χ1n) is 6.44. The Morgan fingerprint density at radius 1 is 1.30 bits per heavy atom. The molecule has 0 saturated carbocycles. The number of anilines is 1. The molecule has 3 aromatic rings. The zero-order chi connectivity index (χ0) is 13.9. The Morgan fingerprint density at radius 3 is 2.95 bits per heavy atom. The minimum absolute atomic E-state index is 0.603. The van der Waals surface area contributed by atoms with E-state index in [1.165, 1.54) is 11.3 Å². The topological polar surface area (TPSA) is 51.8 Å². The molecular weight excluding hydrogens is 306 g/mol. The van der Waals surface area contributed by atoms with Gasteiger partial charge >= 0.3 is 0 Å². The van der Waals surface area contributed by atoms with Gasteiger partial charge < -0.3 is 5.73 Å². The first kappa shape index (κ1) is 13.9. The molecule has 2 N–H and O–H groups in total. The molecule has 0 amide bonds. The summed E-state index contributed by atoms with van der Waals surface area (Å²) in [5.74, 6) is 3.41. The van der Waals surface area contributed by atoms with Crippen molar-refractivity contribution in [1.82, 2.24) is 9.97 Å². The number of hydrogen-bond acceptors (Lipinski definition) is 6. The maximum absolute atomic E-state index is 6.16. The summed E-state index contributed by atoms with van der Waals surface area (Å²) in [5, 5.41) is 5.21. The van der Waals surface area contributed by atoms with Gasteiger partial charge in [-0.15, -0.1) is 22.7 Å². The summed E-state index contributed by atoms with van der Waals surface area (Å²) in [5.41, 5.74) is 7.32. The van der Waals surface area contributed by atoms with Crippen molar-refractivity contribution in [2.24, 2.45) is 0 Å². The fourth-order valence-corrected chi connectivity index (χ4v) is 4.53. The summed E-state index contributed by atoms with van der Waals surface area (Å²) >= 11 is 5.22. The lowest BCUT2D eigenvalue weighted by Gasteiger charge is -2.03. The van der Waals surface area contributed by atoms with Crippen molar-refractivity contribution in [1.29, 1.82) is 0 Å². The Hall–Kier alpha value is -1.11. The molecule has 6 heteroatoms. The van der Waals surface area contributed by atoms with Crippen LogP contribution in [0.25, 0.3) is 20.7 Å². The zero-order valence-electron chi connectivity index (χ0n) is 11.1. The third-order valence-corrected chi connectivity index (χ3v) is 5.81. The van der Waals surface area contributed by atoms with Gasteiger partial charge in [-0.3, -0.25) is 0 Å². The lowest BCUT2D eigenvalue weighted by Crippen LogP contribution is -1.99. The third-order valence-electron chi connectivity index (χ3n) is 2.87. The molecule has 0 unspecified atom stereocenters. The molecule has 20 heavy (non-hydrogen) atoms. The number of thioether (sulfide) groups is 1. The smallest absolute Gasteiger partial charge is 0.142 e. The first-order valence-corrected chi connectivity index (χ1v) is 9.36. The van der Waals surface area contributed by atoms with Gasteiger partial charge in [0, 0.05) is 15.8 Å². The maximum atomic E-state index is 6.16. The number of thiophene rings is 2. The highest BCUT2D eigenvalue weighted by molar-refractivity contribution is 7.98. The van der Waals surface area contributed by atoms with Gasteiger partial charge in [-0.25, -0.2) is 9.97 Å². The van der Waals surface area contributed by atoms with Crippen molar-refractivity contribution in [3.05, 3.63) is 28.7 Å². The molecule has 0 atom stereocenters. The normalized spacial score (nSPS) is 11.2. The zero-order valence-corrected chi connectivity index (χ0v) is 13.6. The van der Waals surface area contributed by atoms with Crippen LogP contribution in [0.5, 0.6) is 0 Å². The van der Waals surface area contributed by atoms with Crippen molar-refractivity contribution in [3.8, 4) is 10.4 Å². The van der Waals surface area contributed by atoms with Crippen LogP contribution in [0.4, 0.5) is 5.82 Å². The van der Waals surface area contributed by atoms with Crippen LogP contribution in [0.15, 0.2) is 22.9 Å². The van der Waals surface area contributed by atoms with Gasteiger partial charge in [-0.2, -0.15) is 11.8 Å². The van der Waals surface area contributed by atoms with E-state index < -0.39 is 0 Å². The molecule has 0 aliphatic rings. The Morgan fingerprint density at radius 2 is 2.20 bits per heavy atom. The van der Waals surface area contributed by atoms with E-state index in [-0.39, 0.29) is 0 Å². The van der Waals surface area contributed by atoms with Crippen LogP contribution in [0.1, 0.15) is 19.2 Å². The second kappa shape index (κ2) is 6.11. The third kappa shape index (κ3) is 2.68. The van der Waals surface area contributed by atoms with Crippen LogP contribution >= 0.6 is 34.4 Å². The highest BCUT2D eigenvalue weighted by Crippen LogP contribution is 2.38. The van der Waals surface area contributed by atoms with Gasteiger partial charge in [0.1, 0.15) is 16.5 Å². The van der Waals surface area contributed by atoms with Crippen molar-refractivity contribution < 1.29 is 0 Å². The van der Waals surface area contributed by atoms with Gasteiger partial charge in [0.25, 0.3) is 0 Å². The number of nitrogen functional groups attached to an aromatic ring is 1. The lowest BCUT2D eigenvalue weighted by atomic mass is 10.2. The van der Waals surface area contributed by atoms with Gasteiger partial charge in [0.15, 0.2) is 0 Å². The van der Waals surface area contributed by atoms with Crippen molar-refractivity contribution in [2.75, 3.05) is 11.5 Å². The van der Waals surface area contributed by atoms with Crippen molar-refractivity contribution in [2.45, 2.75) is 19.1 Å². The number of rotatable bonds is 5. The van der Waals surface area contributed by atoms with Gasteiger partial charge in [-0.1, -0.05) is 13.0 Å². The molecule has 3 nitrogen and oxygen atoms in total. The van der Waals surface area contributed by atoms with Crippen LogP contribution in [-0.4, -0.2) is 15.7 Å². The van der Waals surface area contributed by atoms with Crippen molar-refractivity contribution in [3.63, 3.8) is 0 Å². The highest BCUT2D eigenvalue weighted by Gasteiger charge is 2.14. The largest absolute Gasteiger partial charge is 0.383 e. The van der Waals surface area contributed by atoms with Crippen molar-refractivity contribution >= 4 is 50.5 Å². The molecular formula is C14H15N3S3. The quantitative estimate of drug-likeness (QED) is 0.695. The average Bonchev–Trinajstić information content (AvgIpc) is 3.07. The van der Waals surface area contributed by atoms with E-state index in [2.05, 4.69) is 39.8 Å². The molecule has 3 aromatic heterocycles. The van der Waals surface area contributed by atoms with Crippen LogP contribution < -0.4 is 5.73 Å². The highest BCUT2D eigenvalue weighted by atomic mass is 32.2. The molecule has 3 rings (SSSR count). The van der Waals surface area contributed by atoms with E-state index in [1.54, 1.807) is 22.7 Å². The number of aromatic nitrogens is 2. The molecule has 0 aliphatic carbocycles. The van der Waals surface area contributed by atoms with Gasteiger partial charge in [0.05, 0.1) is 11.1 Å². The molecule has 3 heterocycles. The molecule has 0 bridgehead atoms. The second-order valence-corrected chi connectivity index (χ2v) is 7.30. The maximum Gasteiger partial charge on any atom is 0.142 e. The van der Waals surface area contributed by atoms with Crippen LogP contribution in [0, 0.1) is 0 Å². The van der Waals surface area contributed by atoms with E-state index in [0.717, 1.165) is 33.1 Å². The number of nitrogens with zero attached hydrogens (tertiary/aromatic N) is 2. The summed E-state index contributed by atoms with van der Waals surface area (Å²) < 4.78 is 0. The summed E-state index contributed by atoms with van der Waals surface area (Å²) in [6, 6.07) is 4.16. The average molecular weight is 321 g/mol. The minimum Gasteiger partial charge on any atom is -0.383 e. The van der Waals surface area contributed by atoms with Gasteiger partial charge in [-0.05, 0) is 23.6 Å². The fourth-order valence-electron chi connectivity index (χ4n) is 2.00. The Labute approximate surface area is 130 Å². The standard InChI is InChI=1S/C14H15N3S3/c1-2-5-18-8-11-16-13(15)12-9(7-20-14(12)17-11)10-4-3-6-19-10/h3-4,6-7H,2,5,8H2,1H3,(H2,15,16,17). The molecule has 0 fully saturated rings. The van der Waals surface area contributed by atoms with Gasteiger partial charge in [0.2, 0.25) is 0 Å². The predicted octanol–water partition coefficient (Wildman–Crippen LogP) is 4.65.